The fraction of sp³-hybridized carbons (Fsp3) is 0.255. The zero-order valence-corrected chi connectivity index (χ0v) is 42.0. The van der Waals surface area contributed by atoms with E-state index in [1.54, 1.807) is 12.1 Å². The number of aliphatic hydroxyl groups excluding tert-OH is 1. The molecule has 0 saturated carbocycles. The van der Waals surface area contributed by atoms with Crippen LogP contribution >= 0.6 is 15.9 Å². The molecule has 1 aliphatic rings. The lowest BCUT2D eigenvalue weighted by molar-refractivity contribution is -0.208. The highest BCUT2D eigenvalue weighted by Crippen LogP contribution is 2.48. The first-order valence-corrected chi connectivity index (χ1v) is 24.2. The van der Waals surface area contributed by atoms with E-state index in [0.717, 1.165) is 80.7 Å². The number of rotatable bonds is 15. The summed E-state index contributed by atoms with van der Waals surface area (Å²) >= 11 is 3.11. The second-order valence-electron chi connectivity index (χ2n) is 17.9. The Morgan fingerprint density at radius 3 is 1.54 bits per heavy atom. The highest BCUT2D eigenvalue weighted by Gasteiger charge is 2.59. The minimum Gasteiger partial charge on any atom is -0.378 e. The van der Waals surface area contributed by atoms with Gasteiger partial charge in [0.2, 0.25) is 0 Å². The topological polar surface area (TPSA) is 211 Å². The fourth-order valence-corrected chi connectivity index (χ4v) is 8.87. The Labute approximate surface area is 455 Å². The summed E-state index contributed by atoms with van der Waals surface area (Å²) in [6, 6.07) is 26.0. The molecule has 1 aliphatic heterocycles. The fourth-order valence-electron chi connectivity index (χ4n) is 8.64. The van der Waals surface area contributed by atoms with Crippen LogP contribution in [-0.4, -0.2) is 113 Å². The normalized spacial score (nSPS) is 15.0. The number of tetrazole rings is 2. The van der Waals surface area contributed by atoms with Gasteiger partial charge in [0.1, 0.15) is 47.2 Å². The third-order valence-electron chi connectivity index (χ3n) is 12.9. The largest absolute Gasteiger partial charge is 0.420 e. The Morgan fingerprint density at radius 1 is 0.562 bits per heavy atom. The van der Waals surface area contributed by atoms with Crippen LogP contribution in [0.3, 0.4) is 0 Å². The van der Waals surface area contributed by atoms with Crippen molar-refractivity contribution in [2.75, 3.05) is 36.0 Å². The molecule has 0 radical (unpaired) electrons. The van der Waals surface area contributed by atoms with Gasteiger partial charge in [0, 0.05) is 77.2 Å². The van der Waals surface area contributed by atoms with Gasteiger partial charge in [0.25, 0.3) is 0 Å². The molecule has 3 N–H and O–H groups in total. The van der Waals surface area contributed by atoms with Gasteiger partial charge in [-0.1, -0.05) is 49.0 Å². The molecule has 0 spiro atoms. The number of aromatic nitrogens is 13. The molecule has 418 valence electrons. The van der Waals surface area contributed by atoms with Gasteiger partial charge in [-0.2, -0.15) is 30.7 Å². The third-order valence-corrected chi connectivity index (χ3v) is 13.3. The number of nitrogens with zero attached hydrogens (tertiary/aromatic N) is 15. The molecule has 5 aromatic heterocycles. The first-order valence-electron chi connectivity index (χ1n) is 23.4. The smallest absolute Gasteiger partial charge is 0.378 e. The summed E-state index contributed by atoms with van der Waals surface area (Å²) in [6.45, 7) is 0.967. The number of piperazine rings is 1. The molecule has 4 aromatic carbocycles. The molecule has 80 heavy (non-hydrogen) atoms. The lowest BCUT2D eigenvalue weighted by Gasteiger charge is -2.37. The van der Waals surface area contributed by atoms with E-state index < -0.39 is 94.1 Å². The molecule has 9 aromatic rings. The lowest BCUT2D eigenvalue weighted by atomic mass is 9.84. The molecule has 0 aliphatic carbocycles. The van der Waals surface area contributed by atoms with Gasteiger partial charge in [-0.15, -0.1) is 15.3 Å². The quantitative estimate of drug-likeness (QED) is 0.0822. The van der Waals surface area contributed by atoms with Gasteiger partial charge in [-0.05, 0) is 115 Å². The molecule has 0 amide bonds. The van der Waals surface area contributed by atoms with E-state index in [4.69, 9.17) is 0 Å². The number of halogens is 11. The predicted octanol–water partition coefficient (Wildman–Crippen LogP) is 8.48. The van der Waals surface area contributed by atoms with Crippen LogP contribution < -0.4 is 9.80 Å². The number of hydrogen-bond donors (Lipinski definition) is 3. The molecule has 18 nitrogen and oxygen atoms in total. The van der Waals surface area contributed by atoms with Crippen molar-refractivity contribution in [3.8, 4) is 16.8 Å². The van der Waals surface area contributed by atoms with Crippen LogP contribution in [-0.2, 0) is 36.1 Å². The molecule has 3 unspecified atom stereocenters. The second-order valence-corrected chi connectivity index (χ2v) is 18.8. The Bertz CT molecular complexity index is 3470. The summed E-state index contributed by atoms with van der Waals surface area (Å²) in [4.78, 5) is 11.9. The maximum absolute atomic E-state index is 16.1. The molecule has 6 heterocycles. The summed E-state index contributed by atoms with van der Waals surface area (Å²) in [5.41, 5.74) is -6.33. The highest BCUT2D eigenvalue weighted by molar-refractivity contribution is 9.10. The van der Waals surface area contributed by atoms with Crippen LogP contribution in [0.25, 0.3) is 16.8 Å². The van der Waals surface area contributed by atoms with Crippen LogP contribution in [0.2, 0.25) is 0 Å². The summed E-state index contributed by atoms with van der Waals surface area (Å²) in [5, 5.41) is 59.4. The van der Waals surface area contributed by atoms with E-state index in [1.165, 1.54) is 36.7 Å². The molecule has 1 saturated heterocycles. The summed E-state index contributed by atoms with van der Waals surface area (Å²) < 4.78 is 147. The van der Waals surface area contributed by atoms with Gasteiger partial charge in [-0.3, -0.25) is 9.97 Å². The van der Waals surface area contributed by atoms with Crippen molar-refractivity contribution in [2.24, 2.45) is 0 Å². The first-order chi connectivity index (χ1) is 37.6. The minimum absolute atomic E-state index is 0. The SMILES string of the molecule is C.OC(Cn1cnnn1)(c1ccccc1F)C(F)(F)c1ccc(Br)cn1.OC(c1cn(-c2ccc(N3CCN(c4ccc(-c5ccc(C(F)(F)C(O)(Cn6cnnn6)c6ccc(F)cc6F)nc5)cc4)CC3)cc2)nn1)C(F)(F)F. The van der Waals surface area contributed by atoms with Crippen LogP contribution in [0.5, 0.6) is 0 Å². The Morgan fingerprint density at radius 2 is 1.06 bits per heavy atom. The van der Waals surface area contributed by atoms with Gasteiger partial charge in [0.15, 0.2) is 17.3 Å². The van der Waals surface area contributed by atoms with Crippen molar-refractivity contribution >= 4 is 27.3 Å². The van der Waals surface area contributed by atoms with Crippen molar-refractivity contribution in [3.05, 3.63) is 197 Å². The number of benzene rings is 4. The van der Waals surface area contributed by atoms with Gasteiger partial charge >= 0.3 is 18.0 Å². The third kappa shape index (κ3) is 11.8. The average Bonchev–Trinajstić information content (AvgIpc) is 4.39. The standard InChI is InChI=1S/C35H29F7N10O2.C15H11BrF3N5O.CH4/c36-24-4-11-28(29(37)17-24)33(54,20-51-21-44-46-48-51)34(38,39)31-12-3-23(18-43-31)22-1-5-25(6-2-22)49-13-15-50(16-14-49)26-7-9-27(10-8-26)52-19-30(45-47-52)32(53)35(40,41)42;16-10-5-6-13(20-7-10)15(18,19)14(25,8-24-9-21-22-23-24)11-3-1-2-4-12(11)17;/h1-12,17-19,21,32,53-54H,13-16,20H2;1-7,9,25H,8H2;1H4. The van der Waals surface area contributed by atoms with E-state index in [-0.39, 0.29) is 7.43 Å². The van der Waals surface area contributed by atoms with Crippen molar-refractivity contribution < 1.29 is 59.2 Å². The number of aliphatic hydroxyl groups is 3. The van der Waals surface area contributed by atoms with Gasteiger partial charge in [0.05, 0.1) is 25.0 Å². The Balaban J connectivity index is 0.000000271. The van der Waals surface area contributed by atoms with E-state index in [2.05, 4.69) is 77.1 Å². The van der Waals surface area contributed by atoms with Crippen LogP contribution in [0.4, 0.5) is 55.3 Å². The number of alkyl halides is 7. The van der Waals surface area contributed by atoms with E-state index in [9.17, 15) is 41.7 Å². The number of anilines is 2. The predicted molar refractivity (Wildman–Crippen MR) is 269 cm³/mol. The summed E-state index contributed by atoms with van der Waals surface area (Å²) in [5.74, 6) is -11.5. The molecule has 0 bridgehead atoms. The first kappa shape index (κ1) is 57.9. The molecule has 10 rings (SSSR count). The van der Waals surface area contributed by atoms with Crippen molar-refractivity contribution in [2.45, 2.75) is 55.8 Å². The molecule has 29 heteroatoms. The van der Waals surface area contributed by atoms with Crippen molar-refractivity contribution in [1.29, 1.82) is 0 Å². The monoisotopic (exact) mass is 1180 g/mol. The second kappa shape index (κ2) is 23.2. The molecule has 1 fully saturated rings. The van der Waals surface area contributed by atoms with Gasteiger partial charge in [-0.25, -0.2) is 27.2 Å². The zero-order valence-electron chi connectivity index (χ0n) is 40.4. The average molecular weight is 1180 g/mol. The van der Waals surface area contributed by atoms with E-state index >= 15 is 17.6 Å². The Hall–Kier alpha value is -8.28. The van der Waals surface area contributed by atoms with E-state index in [1.807, 2.05) is 36.4 Å². The summed E-state index contributed by atoms with van der Waals surface area (Å²) in [7, 11) is 0. The van der Waals surface area contributed by atoms with Crippen LogP contribution in [0.15, 0.2) is 151 Å². The van der Waals surface area contributed by atoms with E-state index in [0.29, 0.717) is 53.5 Å². The highest BCUT2D eigenvalue weighted by atomic mass is 79.9. The maximum Gasteiger partial charge on any atom is 0.420 e. The van der Waals surface area contributed by atoms with Crippen molar-refractivity contribution in [1.82, 2.24) is 65.4 Å². The van der Waals surface area contributed by atoms with Crippen LogP contribution in [0, 0.1) is 17.5 Å². The molecular formula is C51H44BrF10N15O3. The Kier molecular flexibility index (Phi) is 16.8. The van der Waals surface area contributed by atoms with Crippen molar-refractivity contribution in [3.63, 3.8) is 0 Å². The van der Waals surface area contributed by atoms with Gasteiger partial charge < -0.3 is 25.1 Å². The summed E-state index contributed by atoms with van der Waals surface area (Å²) in [6.07, 6.45) is -2.13. The van der Waals surface area contributed by atoms with Crippen LogP contribution in [0.1, 0.15) is 41.7 Å². The zero-order chi connectivity index (χ0) is 56.3. The number of hydrogen-bond acceptors (Lipinski definition) is 15. The molecule has 3 atom stereocenters. The maximum atomic E-state index is 16.1. The number of pyridine rings is 2. The molecular weight excluding hydrogens is 1140 g/mol. The minimum atomic E-state index is -4.85. The lowest BCUT2D eigenvalue weighted by Crippen LogP contribution is -2.48.